The van der Waals surface area contributed by atoms with Crippen LogP contribution in [0.25, 0.3) is 44.8 Å². The predicted octanol–water partition coefficient (Wildman–Crippen LogP) is 6.08. The number of fused-ring (bicyclic) bond motifs is 5. The van der Waals surface area contributed by atoms with Crippen molar-refractivity contribution >= 4 is 11.0 Å². The zero-order valence-electron chi connectivity index (χ0n) is 17.0. The highest BCUT2D eigenvalue weighted by Crippen LogP contribution is 2.39. The van der Waals surface area contributed by atoms with Crippen molar-refractivity contribution in [2.45, 2.75) is 19.4 Å². The first-order valence-corrected chi connectivity index (χ1v) is 10.6. The Kier molecular flexibility index (Phi) is 4.10. The Morgan fingerprint density at radius 1 is 0.839 bits per heavy atom. The number of rotatable bonds is 2. The van der Waals surface area contributed by atoms with E-state index in [9.17, 15) is 5.11 Å². The van der Waals surface area contributed by atoms with Gasteiger partial charge in [-0.05, 0) is 54.3 Å². The van der Waals surface area contributed by atoms with Crippen LogP contribution in [0.15, 0.2) is 85.1 Å². The van der Waals surface area contributed by atoms with E-state index >= 15 is 0 Å². The molecule has 150 valence electrons. The molecule has 0 unspecified atom stereocenters. The number of pyridine rings is 1. The highest BCUT2D eigenvalue weighted by Gasteiger charge is 2.23. The Morgan fingerprint density at radius 3 is 2.61 bits per heavy atom. The molecule has 6 rings (SSSR count). The quantitative estimate of drug-likeness (QED) is 0.388. The van der Waals surface area contributed by atoms with Gasteiger partial charge in [-0.3, -0.25) is 4.98 Å². The monoisotopic (exact) mass is 403 g/mol. The van der Waals surface area contributed by atoms with E-state index in [1.165, 1.54) is 0 Å². The number of phenols is 1. The molecule has 0 fully saturated rings. The fraction of sp³-hybridized carbons (Fsp3) is 0.111. The van der Waals surface area contributed by atoms with Crippen molar-refractivity contribution in [1.29, 1.82) is 0 Å². The van der Waals surface area contributed by atoms with Crippen molar-refractivity contribution in [1.82, 2.24) is 14.5 Å². The molecule has 1 N–H and O–H groups in total. The fourth-order valence-electron chi connectivity index (χ4n) is 4.66. The molecule has 0 saturated heterocycles. The summed E-state index contributed by atoms with van der Waals surface area (Å²) in [5.41, 5.74) is 8.33. The third-order valence-electron chi connectivity index (χ3n) is 6.09. The molecule has 0 amide bonds. The van der Waals surface area contributed by atoms with Gasteiger partial charge in [0.1, 0.15) is 11.6 Å². The average molecular weight is 403 g/mol. The highest BCUT2D eigenvalue weighted by atomic mass is 16.3. The molecule has 3 heterocycles. The maximum absolute atomic E-state index is 10.6. The van der Waals surface area contributed by atoms with Gasteiger partial charge in [-0.25, -0.2) is 4.98 Å². The summed E-state index contributed by atoms with van der Waals surface area (Å²) in [6, 6.07) is 26.5. The molecule has 3 aromatic carbocycles. The largest absolute Gasteiger partial charge is 0.507 e. The lowest BCUT2D eigenvalue weighted by molar-refractivity contribution is 0.476. The Bertz CT molecular complexity index is 1420. The molecule has 0 aliphatic carbocycles. The highest BCUT2D eigenvalue weighted by molar-refractivity contribution is 5.95. The molecule has 5 aromatic rings. The predicted molar refractivity (Wildman–Crippen MR) is 124 cm³/mol. The summed E-state index contributed by atoms with van der Waals surface area (Å²) in [6.45, 7) is 0.886. The Morgan fingerprint density at radius 2 is 1.71 bits per heavy atom. The van der Waals surface area contributed by atoms with E-state index in [4.69, 9.17) is 4.98 Å². The average Bonchev–Trinajstić information content (AvgIpc) is 3.07. The molecular weight excluding hydrogens is 382 g/mol. The van der Waals surface area contributed by atoms with E-state index in [1.807, 2.05) is 30.5 Å². The van der Waals surface area contributed by atoms with Gasteiger partial charge in [0, 0.05) is 23.9 Å². The number of phenolic OH excluding ortho intramolecular Hbond substituents is 1. The maximum Gasteiger partial charge on any atom is 0.145 e. The van der Waals surface area contributed by atoms with Gasteiger partial charge in [0.2, 0.25) is 0 Å². The van der Waals surface area contributed by atoms with E-state index in [2.05, 4.69) is 58.1 Å². The summed E-state index contributed by atoms with van der Waals surface area (Å²) >= 11 is 0. The Labute approximate surface area is 180 Å². The van der Waals surface area contributed by atoms with Crippen LogP contribution in [0.3, 0.4) is 0 Å². The minimum Gasteiger partial charge on any atom is -0.507 e. The second-order valence-electron chi connectivity index (χ2n) is 7.97. The maximum atomic E-state index is 10.6. The molecule has 0 atom stereocenters. The molecule has 2 aromatic heterocycles. The van der Waals surface area contributed by atoms with Gasteiger partial charge in [-0.2, -0.15) is 0 Å². The molecule has 31 heavy (non-hydrogen) atoms. The first kappa shape index (κ1) is 17.9. The van der Waals surface area contributed by atoms with Crippen molar-refractivity contribution in [2.75, 3.05) is 0 Å². The van der Waals surface area contributed by atoms with Crippen molar-refractivity contribution < 1.29 is 5.11 Å². The van der Waals surface area contributed by atoms with Crippen LogP contribution < -0.4 is 0 Å². The number of aryl methyl sites for hydroxylation is 2. The van der Waals surface area contributed by atoms with Gasteiger partial charge in [0.15, 0.2) is 0 Å². The molecule has 1 aliphatic heterocycles. The third-order valence-corrected chi connectivity index (χ3v) is 6.09. The molecule has 4 nitrogen and oxygen atoms in total. The molecule has 0 spiro atoms. The summed E-state index contributed by atoms with van der Waals surface area (Å²) in [5.74, 6) is 1.16. The van der Waals surface area contributed by atoms with Crippen LogP contribution >= 0.6 is 0 Å². The summed E-state index contributed by atoms with van der Waals surface area (Å²) in [6.07, 6.45) is 3.79. The van der Waals surface area contributed by atoms with Crippen LogP contribution in [0.1, 0.15) is 12.0 Å². The molecular formula is C27H21N3O. The number of aromatic nitrogens is 3. The zero-order chi connectivity index (χ0) is 20.8. The molecule has 4 heteroatoms. The van der Waals surface area contributed by atoms with Crippen LogP contribution in [-0.2, 0) is 13.0 Å². The summed E-state index contributed by atoms with van der Waals surface area (Å²) < 4.78 is 2.26. The second-order valence-corrected chi connectivity index (χ2v) is 7.97. The van der Waals surface area contributed by atoms with Crippen molar-refractivity contribution in [3.63, 3.8) is 0 Å². The van der Waals surface area contributed by atoms with Crippen molar-refractivity contribution in [2.24, 2.45) is 0 Å². The second kappa shape index (κ2) is 7.10. The van der Waals surface area contributed by atoms with Gasteiger partial charge in [-0.1, -0.05) is 48.5 Å². The Balaban J connectivity index is 1.57. The SMILES string of the molecule is Oc1cccc2c1-c1nc3c(-c4cccc(-c5ccccn5)c4)cccc3n1CCC2. The lowest BCUT2D eigenvalue weighted by atomic mass is 10.00. The minimum absolute atomic E-state index is 0.301. The van der Waals surface area contributed by atoms with E-state index < -0.39 is 0 Å². The van der Waals surface area contributed by atoms with Crippen molar-refractivity contribution in [3.05, 3.63) is 90.6 Å². The van der Waals surface area contributed by atoms with E-state index in [0.29, 0.717) is 5.75 Å². The van der Waals surface area contributed by atoms with Gasteiger partial charge in [-0.15, -0.1) is 0 Å². The van der Waals surface area contributed by atoms with Crippen LogP contribution in [-0.4, -0.2) is 19.6 Å². The molecule has 0 radical (unpaired) electrons. The normalized spacial score (nSPS) is 12.9. The number of hydrogen-bond acceptors (Lipinski definition) is 3. The van der Waals surface area contributed by atoms with Gasteiger partial charge < -0.3 is 9.67 Å². The standard InChI is InChI=1S/C27H21N3O/c31-24-14-4-7-18-10-6-16-30-23-13-5-11-21(26(23)29-27(30)25(18)24)19-8-3-9-20(17-19)22-12-1-2-15-28-22/h1-5,7-9,11-15,17,31H,6,10,16H2. The lowest BCUT2D eigenvalue weighted by Gasteiger charge is -2.08. The molecule has 1 aliphatic rings. The summed E-state index contributed by atoms with van der Waals surface area (Å²) in [5, 5.41) is 10.6. The number of nitrogens with zero attached hydrogens (tertiary/aromatic N) is 3. The van der Waals surface area contributed by atoms with Gasteiger partial charge in [0.05, 0.1) is 22.3 Å². The number of para-hydroxylation sites is 1. The number of imidazole rings is 1. The van der Waals surface area contributed by atoms with Crippen LogP contribution in [0, 0.1) is 0 Å². The van der Waals surface area contributed by atoms with E-state index in [0.717, 1.165) is 69.8 Å². The number of benzene rings is 3. The van der Waals surface area contributed by atoms with Crippen LogP contribution in [0.2, 0.25) is 0 Å². The number of aromatic hydroxyl groups is 1. The number of hydrogen-bond donors (Lipinski definition) is 1. The summed E-state index contributed by atoms with van der Waals surface area (Å²) in [7, 11) is 0. The smallest absolute Gasteiger partial charge is 0.145 e. The lowest BCUT2D eigenvalue weighted by Crippen LogP contribution is -1.98. The van der Waals surface area contributed by atoms with Crippen molar-refractivity contribution in [3.8, 4) is 39.5 Å². The fourth-order valence-corrected chi connectivity index (χ4v) is 4.66. The first-order valence-electron chi connectivity index (χ1n) is 10.6. The third kappa shape index (κ3) is 2.91. The minimum atomic E-state index is 0.301. The molecule has 0 bridgehead atoms. The van der Waals surface area contributed by atoms with Gasteiger partial charge >= 0.3 is 0 Å². The molecule has 0 saturated carbocycles. The van der Waals surface area contributed by atoms with E-state index in [1.54, 1.807) is 6.07 Å². The van der Waals surface area contributed by atoms with Crippen LogP contribution in [0.4, 0.5) is 0 Å². The van der Waals surface area contributed by atoms with E-state index in [-0.39, 0.29) is 0 Å². The van der Waals surface area contributed by atoms with Gasteiger partial charge in [0.25, 0.3) is 0 Å². The summed E-state index contributed by atoms with van der Waals surface area (Å²) in [4.78, 5) is 9.58. The topological polar surface area (TPSA) is 50.9 Å². The van der Waals surface area contributed by atoms with Crippen LogP contribution in [0.5, 0.6) is 5.75 Å². The first-order chi connectivity index (χ1) is 15.3. The Hall–Kier alpha value is -3.92. The zero-order valence-corrected chi connectivity index (χ0v) is 17.0.